The molecule has 80 valence electrons. The van der Waals surface area contributed by atoms with E-state index in [1.165, 1.54) is 21.9 Å². The summed E-state index contributed by atoms with van der Waals surface area (Å²) in [6, 6.07) is 13.8. The molecule has 0 aromatic heterocycles. The first kappa shape index (κ1) is 12.4. The van der Waals surface area contributed by atoms with Gasteiger partial charge in [0.25, 0.3) is 0 Å². The molecule has 0 atom stereocenters. The van der Waals surface area contributed by atoms with Crippen molar-refractivity contribution in [3.63, 3.8) is 0 Å². The van der Waals surface area contributed by atoms with Gasteiger partial charge in [-0.3, -0.25) is 0 Å². The number of rotatable bonds is 0. The van der Waals surface area contributed by atoms with E-state index >= 15 is 0 Å². The van der Waals surface area contributed by atoms with Crippen LogP contribution in [-0.4, -0.2) is 0 Å². The molecule has 2 aromatic rings. The molecule has 0 radical (unpaired) electrons. The van der Waals surface area contributed by atoms with Gasteiger partial charge >= 0.3 is 37.9 Å². The first-order chi connectivity index (χ1) is 7.86. The van der Waals surface area contributed by atoms with E-state index < -0.39 is 20.8 Å². The fourth-order valence-electron chi connectivity index (χ4n) is 1.95. The van der Waals surface area contributed by atoms with Gasteiger partial charge in [-0.1, -0.05) is 18.2 Å². The van der Waals surface area contributed by atoms with Gasteiger partial charge in [-0.15, -0.1) is 52.2 Å². The monoisotopic (exact) mass is 325 g/mol. The second-order valence-electron chi connectivity index (χ2n) is 3.45. The molecule has 0 aliphatic heterocycles. The Morgan fingerprint density at radius 1 is 1.19 bits per heavy atom. The van der Waals surface area contributed by atoms with Gasteiger partial charge in [-0.25, -0.2) is 0 Å². The molecule has 1 aliphatic carbocycles. The minimum Gasteiger partial charge on any atom is -0.143 e. The van der Waals surface area contributed by atoms with Gasteiger partial charge in [0.1, 0.15) is 0 Å². The van der Waals surface area contributed by atoms with E-state index in [1.54, 1.807) is 0 Å². The molecule has 16 heavy (non-hydrogen) atoms. The summed E-state index contributed by atoms with van der Waals surface area (Å²) in [5, 5.41) is 2.58. The minimum atomic E-state index is -0.826. The van der Waals surface area contributed by atoms with Crippen molar-refractivity contribution in [3.8, 4) is 0 Å². The molecular weight excluding hydrogens is 318 g/mol. The standard InChI is InChI=1S/C13H9.2ClH.Zr/c1-2-6-12-10(4-1)8-9-11-5-3-7-13(11)12;;;/h1-6,9H,7H2;2*1H;/q-1;;;+2/p-2. The van der Waals surface area contributed by atoms with Gasteiger partial charge in [0.15, 0.2) is 0 Å². The molecule has 3 rings (SSSR count). The zero-order valence-electron chi connectivity index (χ0n) is 8.50. The van der Waals surface area contributed by atoms with E-state index in [0.29, 0.717) is 0 Å². The molecule has 0 saturated carbocycles. The Balaban J connectivity index is 0.000000292. The second-order valence-corrected chi connectivity index (χ2v) is 7.18. The molecule has 3 heteroatoms. The Hall–Kier alpha value is -0.0969. The Morgan fingerprint density at radius 2 is 1.94 bits per heavy atom. The third-order valence-corrected chi connectivity index (χ3v) is 2.60. The Morgan fingerprint density at radius 3 is 2.75 bits per heavy atom. The third kappa shape index (κ3) is 2.59. The molecule has 0 fully saturated rings. The van der Waals surface area contributed by atoms with Crippen LogP contribution in [0.3, 0.4) is 0 Å². The van der Waals surface area contributed by atoms with Crippen molar-refractivity contribution in [1.82, 2.24) is 0 Å². The maximum absolute atomic E-state index is 4.93. The number of hydrogen-bond donors (Lipinski definition) is 0. The summed E-state index contributed by atoms with van der Waals surface area (Å²) in [4.78, 5) is 0. The molecule has 0 bridgehead atoms. The van der Waals surface area contributed by atoms with Crippen LogP contribution in [0.2, 0.25) is 0 Å². The molecule has 2 aromatic carbocycles. The van der Waals surface area contributed by atoms with E-state index in [2.05, 4.69) is 48.6 Å². The molecule has 0 saturated heterocycles. The van der Waals surface area contributed by atoms with Crippen LogP contribution in [0.1, 0.15) is 11.1 Å². The topological polar surface area (TPSA) is 0 Å². The number of benzene rings is 2. The van der Waals surface area contributed by atoms with Crippen molar-refractivity contribution in [1.29, 1.82) is 0 Å². The fourth-order valence-corrected chi connectivity index (χ4v) is 1.95. The van der Waals surface area contributed by atoms with Crippen LogP contribution in [0.4, 0.5) is 0 Å². The molecule has 0 unspecified atom stereocenters. The van der Waals surface area contributed by atoms with E-state index in [-0.39, 0.29) is 0 Å². The zero-order chi connectivity index (χ0) is 11.4. The van der Waals surface area contributed by atoms with Crippen molar-refractivity contribution in [2.45, 2.75) is 6.42 Å². The van der Waals surface area contributed by atoms with Gasteiger partial charge in [0, 0.05) is 0 Å². The smallest absolute Gasteiger partial charge is 0.0263 e. The molecule has 1 aliphatic rings. The van der Waals surface area contributed by atoms with Crippen LogP contribution in [-0.2, 0) is 27.3 Å². The van der Waals surface area contributed by atoms with E-state index in [4.69, 9.17) is 17.0 Å². The van der Waals surface area contributed by atoms with Crippen LogP contribution < -0.4 is 0 Å². The van der Waals surface area contributed by atoms with Crippen molar-refractivity contribution in [3.05, 3.63) is 53.6 Å². The Labute approximate surface area is 114 Å². The average molecular weight is 327 g/mol. The van der Waals surface area contributed by atoms with Crippen LogP contribution in [0.15, 0.2) is 36.4 Å². The summed E-state index contributed by atoms with van der Waals surface area (Å²) >= 11 is -0.826. The summed E-state index contributed by atoms with van der Waals surface area (Å²) < 4.78 is 0. The maximum atomic E-state index is 4.93. The Bertz CT molecular complexity index is 520. The number of allylic oxidation sites excluding steroid dienone is 1. The zero-order valence-corrected chi connectivity index (χ0v) is 12.5. The minimum absolute atomic E-state index is 0.826. The Kier molecular flexibility index (Phi) is 4.64. The van der Waals surface area contributed by atoms with Crippen LogP contribution in [0, 0.1) is 6.07 Å². The van der Waals surface area contributed by atoms with Crippen molar-refractivity contribution < 1.29 is 20.8 Å². The largest absolute Gasteiger partial charge is 0.143 e. The summed E-state index contributed by atoms with van der Waals surface area (Å²) in [5.74, 6) is 0. The van der Waals surface area contributed by atoms with Gasteiger partial charge in [0.05, 0.1) is 0 Å². The van der Waals surface area contributed by atoms with Crippen LogP contribution >= 0.6 is 17.0 Å². The summed E-state index contributed by atoms with van der Waals surface area (Å²) in [6.45, 7) is 0. The van der Waals surface area contributed by atoms with E-state index in [1.807, 2.05) is 0 Å². The summed E-state index contributed by atoms with van der Waals surface area (Å²) in [6.07, 6.45) is 5.47. The summed E-state index contributed by atoms with van der Waals surface area (Å²) in [7, 11) is 9.87. The number of halogens is 2. The number of fused-ring (bicyclic) bond motifs is 3. The summed E-state index contributed by atoms with van der Waals surface area (Å²) in [5.41, 5.74) is 2.79. The average Bonchev–Trinajstić information content (AvgIpc) is 2.78. The van der Waals surface area contributed by atoms with Gasteiger partial charge in [-0.05, 0) is 6.42 Å². The predicted octanol–water partition coefficient (Wildman–Crippen LogP) is 4.59. The molecule has 0 spiro atoms. The van der Waals surface area contributed by atoms with Crippen molar-refractivity contribution in [2.24, 2.45) is 0 Å². The molecular formula is C13H9Cl2Zr-. The molecule has 0 amide bonds. The third-order valence-electron chi connectivity index (χ3n) is 2.60. The number of hydrogen-bond acceptors (Lipinski definition) is 0. The van der Waals surface area contributed by atoms with Gasteiger partial charge < -0.3 is 0 Å². The molecule has 0 heterocycles. The maximum Gasteiger partial charge on any atom is -0.0263 e. The SMILES string of the molecule is [Cl][Zr][Cl].[c-]1cc2c(c3ccccc13)CC=C2. The van der Waals surface area contributed by atoms with E-state index in [9.17, 15) is 0 Å². The molecule has 0 nitrogen and oxygen atoms in total. The van der Waals surface area contributed by atoms with Gasteiger partial charge in [-0.2, -0.15) is 0 Å². The van der Waals surface area contributed by atoms with Crippen LogP contribution in [0.5, 0.6) is 0 Å². The van der Waals surface area contributed by atoms with Crippen LogP contribution in [0.25, 0.3) is 16.8 Å². The first-order valence-corrected chi connectivity index (χ1v) is 11.2. The van der Waals surface area contributed by atoms with Crippen molar-refractivity contribution in [2.75, 3.05) is 0 Å². The van der Waals surface area contributed by atoms with Gasteiger partial charge in [0.2, 0.25) is 0 Å². The second kappa shape index (κ2) is 6.00. The quantitative estimate of drug-likeness (QED) is 0.621. The van der Waals surface area contributed by atoms with E-state index in [0.717, 1.165) is 6.42 Å². The van der Waals surface area contributed by atoms with Crippen molar-refractivity contribution >= 4 is 33.9 Å². The molecule has 0 N–H and O–H groups in total. The first-order valence-electron chi connectivity index (χ1n) is 4.92. The fraction of sp³-hybridized carbons (Fsp3) is 0.0769. The predicted molar refractivity (Wildman–Crippen MR) is 67.2 cm³/mol. The normalized spacial score (nSPS) is 11.9.